The fraction of sp³-hybridized carbons (Fsp3) is 0.667. The summed E-state index contributed by atoms with van der Waals surface area (Å²) in [6.07, 6.45) is 3.94. The van der Waals surface area contributed by atoms with Crippen molar-refractivity contribution in [3.63, 3.8) is 0 Å². The van der Waals surface area contributed by atoms with E-state index in [1.165, 1.54) is 32.4 Å². The van der Waals surface area contributed by atoms with Crippen molar-refractivity contribution < 1.29 is 0 Å². The fourth-order valence-electron chi connectivity index (χ4n) is 3.73. The molecule has 112 valence electrons. The zero-order chi connectivity index (χ0) is 14.2. The molecule has 1 N–H and O–H groups in total. The van der Waals surface area contributed by atoms with Gasteiger partial charge >= 0.3 is 0 Å². The van der Waals surface area contributed by atoms with E-state index in [4.69, 9.17) is 0 Å². The van der Waals surface area contributed by atoms with Gasteiger partial charge in [0.15, 0.2) is 11.5 Å². The van der Waals surface area contributed by atoms with Crippen LogP contribution < -0.4 is 10.2 Å². The second-order valence-corrected chi connectivity index (χ2v) is 6.30. The number of aryl methyl sites for hydroxylation is 1. The number of hydrogen-bond acceptors (Lipinski definition) is 5. The first-order chi connectivity index (χ1) is 10.3. The number of rotatable bonds is 2. The second kappa shape index (κ2) is 5.26. The van der Waals surface area contributed by atoms with Crippen LogP contribution in [0.3, 0.4) is 0 Å². The van der Waals surface area contributed by atoms with Crippen molar-refractivity contribution >= 4 is 11.5 Å². The Morgan fingerprint density at radius 2 is 2.14 bits per heavy atom. The number of nitrogens with one attached hydrogen (secondary N) is 1. The van der Waals surface area contributed by atoms with Crippen molar-refractivity contribution in [3.8, 4) is 0 Å². The first-order valence-electron chi connectivity index (χ1n) is 7.96. The van der Waals surface area contributed by atoms with E-state index < -0.39 is 0 Å². The highest BCUT2D eigenvalue weighted by Crippen LogP contribution is 2.29. The van der Waals surface area contributed by atoms with Gasteiger partial charge in [-0.25, -0.2) is 4.98 Å². The topological polar surface area (TPSA) is 58.4 Å². The van der Waals surface area contributed by atoms with Gasteiger partial charge in [0.1, 0.15) is 5.82 Å². The summed E-state index contributed by atoms with van der Waals surface area (Å²) in [7, 11) is 0. The predicted octanol–water partition coefficient (Wildman–Crippen LogP) is 1.26. The standard InChI is InChI=1S/C15H22N6/c1-11-17-14-4-5-15(19-21(14)18-11)20-8-2-3-13(10-20)12-6-7-16-9-12/h4-5,12-13,16H,2-3,6-10H2,1H3. The molecule has 0 aromatic carbocycles. The van der Waals surface area contributed by atoms with E-state index in [1.54, 1.807) is 4.63 Å². The van der Waals surface area contributed by atoms with Crippen LogP contribution in [0.1, 0.15) is 25.1 Å². The van der Waals surface area contributed by atoms with Crippen LogP contribution in [0, 0.1) is 18.8 Å². The van der Waals surface area contributed by atoms with Crippen molar-refractivity contribution in [3.05, 3.63) is 18.0 Å². The number of hydrogen-bond donors (Lipinski definition) is 1. The van der Waals surface area contributed by atoms with Gasteiger partial charge in [0, 0.05) is 13.1 Å². The molecule has 2 aliphatic heterocycles. The highest BCUT2D eigenvalue weighted by Gasteiger charge is 2.29. The molecule has 2 aromatic heterocycles. The Morgan fingerprint density at radius 1 is 1.19 bits per heavy atom. The van der Waals surface area contributed by atoms with Crippen LogP contribution in [-0.4, -0.2) is 46.0 Å². The van der Waals surface area contributed by atoms with Gasteiger partial charge in [0.05, 0.1) is 0 Å². The smallest absolute Gasteiger partial charge is 0.176 e. The third kappa shape index (κ3) is 2.48. The third-order valence-corrected chi connectivity index (χ3v) is 4.85. The molecule has 2 saturated heterocycles. The lowest BCUT2D eigenvalue weighted by Crippen LogP contribution is -2.39. The van der Waals surface area contributed by atoms with E-state index in [9.17, 15) is 0 Å². The summed E-state index contributed by atoms with van der Waals surface area (Å²) in [5, 5.41) is 12.5. The normalized spacial score (nSPS) is 26.6. The molecular formula is C15H22N6. The average molecular weight is 286 g/mol. The Balaban J connectivity index is 1.55. The van der Waals surface area contributed by atoms with E-state index in [0.29, 0.717) is 0 Å². The van der Waals surface area contributed by atoms with Crippen molar-refractivity contribution in [2.24, 2.45) is 11.8 Å². The molecule has 2 fully saturated rings. The first-order valence-corrected chi connectivity index (χ1v) is 7.96. The monoisotopic (exact) mass is 286 g/mol. The maximum atomic E-state index is 4.63. The summed E-state index contributed by atoms with van der Waals surface area (Å²) in [4.78, 5) is 6.76. The zero-order valence-electron chi connectivity index (χ0n) is 12.5. The summed E-state index contributed by atoms with van der Waals surface area (Å²) in [5.41, 5.74) is 0.824. The van der Waals surface area contributed by atoms with E-state index in [1.807, 2.05) is 13.0 Å². The highest BCUT2D eigenvalue weighted by molar-refractivity contribution is 5.45. The lowest BCUT2D eigenvalue weighted by Gasteiger charge is -2.36. The van der Waals surface area contributed by atoms with Crippen LogP contribution in [0.25, 0.3) is 5.65 Å². The molecule has 0 bridgehead atoms. The molecule has 21 heavy (non-hydrogen) atoms. The van der Waals surface area contributed by atoms with E-state index in [-0.39, 0.29) is 0 Å². The minimum atomic E-state index is 0.771. The summed E-state index contributed by atoms with van der Waals surface area (Å²) >= 11 is 0. The molecule has 0 saturated carbocycles. The molecular weight excluding hydrogens is 264 g/mol. The van der Waals surface area contributed by atoms with Crippen LogP contribution in [-0.2, 0) is 0 Å². The minimum Gasteiger partial charge on any atom is -0.355 e. The number of aromatic nitrogens is 4. The third-order valence-electron chi connectivity index (χ3n) is 4.85. The molecule has 6 nitrogen and oxygen atoms in total. The van der Waals surface area contributed by atoms with Gasteiger partial charge in [-0.05, 0) is 63.2 Å². The van der Waals surface area contributed by atoms with Crippen molar-refractivity contribution in [2.75, 3.05) is 31.1 Å². The molecule has 4 heterocycles. The number of piperidine rings is 1. The molecule has 2 atom stereocenters. The molecule has 2 aliphatic rings. The van der Waals surface area contributed by atoms with Gasteiger partial charge in [-0.2, -0.15) is 0 Å². The Hall–Kier alpha value is -1.69. The van der Waals surface area contributed by atoms with Crippen molar-refractivity contribution in [2.45, 2.75) is 26.2 Å². The van der Waals surface area contributed by atoms with Gasteiger partial charge in [-0.15, -0.1) is 14.8 Å². The molecule has 6 heteroatoms. The Morgan fingerprint density at radius 3 is 3.00 bits per heavy atom. The molecule has 4 rings (SSSR count). The van der Waals surface area contributed by atoms with Crippen LogP contribution in [0.4, 0.5) is 5.82 Å². The Labute approximate surface area is 124 Å². The molecule has 2 aromatic rings. The highest BCUT2D eigenvalue weighted by atomic mass is 15.5. The van der Waals surface area contributed by atoms with Gasteiger partial charge in [-0.1, -0.05) is 0 Å². The lowest BCUT2D eigenvalue weighted by atomic mass is 9.85. The maximum absolute atomic E-state index is 4.63. The van der Waals surface area contributed by atoms with Crippen molar-refractivity contribution in [1.29, 1.82) is 0 Å². The van der Waals surface area contributed by atoms with E-state index in [0.717, 1.165) is 42.2 Å². The number of anilines is 1. The predicted molar refractivity (Wildman–Crippen MR) is 81.4 cm³/mol. The SMILES string of the molecule is Cc1nc2ccc(N3CCCC(C4CCNC4)C3)nn2n1. The number of nitrogens with zero attached hydrogens (tertiary/aromatic N) is 5. The van der Waals surface area contributed by atoms with Crippen LogP contribution >= 0.6 is 0 Å². The van der Waals surface area contributed by atoms with Crippen LogP contribution in [0.15, 0.2) is 12.1 Å². The summed E-state index contributed by atoms with van der Waals surface area (Å²) in [5.74, 6) is 3.44. The van der Waals surface area contributed by atoms with Gasteiger partial charge in [0.2, 0.25) is 0 Å². The van der Waals surface area contributed by atoms with E-state index in [2.05, 4.69) is 31.5 Å². The fourth-order valence-corrected chi connectivity index (χ4v) is 3.73. The minimum absolute atomic E-state index is 0.771. The summed E-state index contributed by atoms with van der Waals surface area (Å²) in [6, 6.07) is 4.10. The summed E-state index contributed by atoms with van der Waals surface area (Å²) < 4.78 is 1.66. The molecule has 0 amide bonds. The lowest BCUT2D eigenvalue weighted by molar-refractivity contribution is 0.301. The Bertz CT molecular complexity index is 630. The van der Waals surface area contributed by atoms with E-state index >= 15 is 0 Å². The number of fused-ring (bicyclic) bond motifs is 1. The maximum Gasteiger partial charge on any atom is 0.176 e. The van der Waals surface area contributed by atoms with Crippen LogP contribution in [0.5, 0.6) is 0 Å². The summed E-state index contributed by atoms with van der Waals surface area (Å²) in [6.45, 7) is 6.50. The van der Waals surface area contributed by atoms with Crippen molar-refractivity contribution in [1.82, 2.24) is 25.1 Å². The van der Waals surface area contributed by atoms with Gasteiger partial charge in [-0.3, -0.25) is 0 Å². The quantitative estimate of drug-likeness (QED) is 0.900. The molecule has 0 spiro atoms. The van der Waals surface area contributed by atoms with Crippen LogP contribution in [0.2, 0.25) is 0 Å². The average Bonchev–Trinajstić information content (AvgIpc) is 3.15. The zero-order valence-corrected chi connectivity index (χ0v) is 12.5. The molecule has 0 radical (unpaired) electrons. The largest absolute Gasteiger partial charge is 0.355 e. The Kier molecular flexibility index (Phi) is 3.25. The second-order valence-electron chi connectivity index (χ2n) is 6.30. The van der Waals surface area contributed by atoms with Gasteiger partial charge in [0.25, 0.3) is 0 Å². The van der Waals surface area contributed by atoms with Gasteiger partial charge < -0.3 is 10.2 Å². The first kappa shape index (κ1) is 13.0. The molecule has 0 aliphatic carbocycles. The molecule has 2 unspecified atom stereocenters.